The van der Waals surface area contributed by atoms with E-state index in [1.165, 1.54) is 7.05 Å². The third kappa shape index (κ3) is 2.69. The first-order chi connectivity index (χ1) is 7.68. The Kier molecular flexibility index (Phi) is 3.35. The molecule has 17 heavy (non-hydrogen) atoms. The van der Waals surface area contributed by atoms with Gasteiger partial charge in [0.25, 0.3) is 0 Å². The zero-order valence-corrected chi connectivity index (χ0v) is 9.47. The maximum absolute atomic E-state index is 12.7. The number of nitrogens with zero attached hydrogens (tertiary/aromatic N) is 1. The smallest absolute Gasteiger partial charge is 0.358 e. The molecule has 0 bridgehead atoms. The molecule has 0 aliphatic carbocycles. The summed E-state index contributed by atoms with van der Waals surface area (Å²) in [5.74, 6) is -0.437. The van der Waals surface area contributed by atoms with Crippen LogP contribution in [0.4, 0.5) is 23.8 Å². The van der Waals surface area contributed by atoms with Crippen molar-refractivity contribution in [3.63, 3.8) is 0 Å². The molecule has 8 heteroatoms. The number of nitrogens with one attached hydrogen (secondary N) is 2. The number of anilines is 1. The molecule has 1 aromatic heterocycles. The number of rotatable bonds is 2. The maximum Gasteiger partial charge on any atom is 0.401 e. The summed E-state index contributed by atoms with van der Waals surface area (Å²) in [5.41, 5.74) is -2.16. The highest BCUT2D eigenvalue weighted by Crippen LogP contribution is 2.40. The van der Waals surface area contributed by atoms with E-state index < -0.39 is 17.6 Å². The largest absolute Gasteiger partial charge is 0.401 e. The second-order valence-corrected chi connectivity index (χ2v) is 3.90. The Morgan fingerprint density at radius 1 is 1.41 bits per heavy atom. The van der Waals surface area contributed by atoms with Crippen molar-refractivity contribution in [1.29, 1.82) is 0 Å². The van der Waals surface area contributed by atoms with Crippen molar-refractivity contribution in [2.24, 2.45) is 0 Å². The van der Waals surface area contributed by atoms with E-state index >= 15 is 0 Å². The third-order valence-corrected chi connectivity index (χ3v) is 2.30. The van der Waals surface area contributed by atoms with Crippen LogP contribution in [0.2, 0.25) is 0 Å². The van der Waals surface area contributed by atoms with Gasteiger partial charge >= 0.3 is 12.2 Å². The van der Waals surface area contributed by atoms with E-state index in [2.05, 4.69) is 20.3 Å². The molecule has 0 fully saturated rings. The Morgan fingerprint density at radius 2 is 2.00 bits per heavy atom. The molecule has 0 aliphatic rings. The Bertz CT molecular complexity index is 412. The number of hydrogen-bond donors (Lipinski definition) is 2. The van der Waals surface area contributed by atoms with E-state index in [9.17, 15) is 18.0 Å². The number of urea groups is 1. The van der Waals surface area contributed by atoms with E-state index in [-0.39, 0.29) is 11.6 Å². The zero-order valence-electron chi connectivity index (χ0n) is 9.47. The molecule has 2 N–H and O–H groups in total. The average molecular weight is 251 g/mol. The van der Waals surface area contributed by atoms with E-state index in [4.69, 9.17) is 0 Å². The zero-order chi connectivity index (χ0) is 13.3. The van der Waals surface area contributed by atoms with Gasteiger partial charge < -0.3 is 9.84 Å². The maximum atomic E-state index is 12.7. The van der Waals surface area contributed by atoms with E-state index in [1.807, 2.05) is 0 Å². The molecular formula is C9H12F3N3O2. The summed E-state index contributed by atoms with van der Waals surface area (Å²) >= 11 is 0. The summed E-state index contributed by atoms with van der Waals surface area (Å²) in [6.07, 6.45) is -4.46. The van der Waals surface area contributed by atoms with Crippen molar-refractivity contribution >= 4 is 11.8 Å². The molecule has 1 heterocycles. The molecular weight excluding hydrogens is 239 g/mol. The van der Waals surface area contributed by atoms with Crippen LogP contribution in [-0.4, -0.2) is 24.4 Å². The number of halogens is 3. The summed E-state index contributed by atoms with van der Waals surface area (Å²) in [4.78, 5) is 10.9. The predicted octanol–water partition coefficient (Wildman–Crippen LogP) is 2.27. The Balaban J connectivity index is 2.92. The van der Waals surface area contributed by atoms with Crippen LogP contribution in [0, 0.1) is 0 Å². The summed E-state index contributed by atoms with van der Waals surface area (Å²) in [6, 6.07) is 0.456. The molecule has 0 spiro atoms. The lowest BCUT2D eigenvalue weighted by atomic mass is 9.89. The molecule has 0 radical (unpaired) electrons. The first-order valence-electron chi connectivity index (χ1n) is 4.71. The van der Waals surface area contributed by atoms with Crippen LogP contribution >= 0.6 is 0 Å². The first-order valence-corrected chi connectivity index (χ1v) is 4.71. The molecule has 0 unspecified atom stereocenters. The summed E-state index contributed by atoms with van der Waals surface area (Å²) in [7, 11) is 1.37. The fourth-order valence-corrected chi connectivity index (χ4v) is 0.947. The highest BCUT2D eigenvalue weighted by molar-refractivity contribution is 5.87. The second-order valence-electron chi connectivity index (χ2n) is 3.90. The standard InChI is InChI=1S/C9H12F3N3O2/c1-8(2,9(10,11)12)5-4-6(15-17-5)14-7(16)13-3/h4H,1-3H3,(H2,13,14,15,16). The molecule has 5 nitrogen and oxygen atoms in total. The monoisotopic (exact) mass is 251 g/mol. The van der Waals surface area contributed by atoms with E-state index in [0.29, 0.717) is 0 Å². The van der Waals surface area contributed by atoms with Crippen molar-refractivity contribution in [3.8, 4) is 0 Å². The van der Waals surface area contributed by atoms with Gasteiger partial charge in [-0.1, -0.05) is 5.16 Å². The number of alkyl halides is 3. The highest BCUT2D eigenvalue weighted by Gasteiger charge is 2.51. The van der Waals surface area contributed by atoms with Gasteiger partial charge in [-0.3, -0.25) is 5.32 Å². The third-order valence-electron chi connectivity index (χ3n) is 2.30. The fraction of sp³-hybridized carbons (Fsp3) is 0.556. The van der Waals surface area contributed by atoms with E-state index in [1.54, 1.807) is 0 Å². The molecule has 1 rings (SSSR count). The predicted molar refractivity (Wildman–Crippen MR) is 53.7 cm³/mol. The number of aromatic nitrogens is 1. The van der Waals surface area contributed by atoms with Crippen LogP contribution in [0.5, 0.6) is 0 Å². The number of hydrogen-bond acceptors (Lipinski definition) is 3. The van der Waals surface area contributed by atoms with Crippen molar-refractivity contribution in [1.82, 2.24) is 10.5 Å². The SMILES string of the molecule is CNC(=O)Nc1cc(C(C)(C)C(F)(F)F)on1. The van der Waals surface area contributed by atoms with Gasteiger partial charge in [0.15, 0.2) is 11.6 Å². The van der Waals surface area contributed by atoms with Crippen LogP contribution in [0.15, 0.2) is 10.6 Å². The summed E-state index contributed by atoms with van der Waals surface area (Å²) in [6.45, 7) is 1.94. The Labute approximate surface area is 95.3 Å². The van der Waals surface area contributed by atoms with Crippen molar-refractivity contribution in [2.45, 2.75) is 25.4 Å². The van der Waals surface area contributed by atoms with E-state index in [0.717, 1.165) is 19.9 Å². The topological polar surface area (TPSA) is 67.2 Å². The van der Waals surface area contributed by atoms with Gasteiger partial charge in [0.1, 0.15) is 5.41 Å². The lowest BCUT2D eigenvalue weighted by Crippen LogP contribution is -2.35. The average Bonchev–Trinajstić information content (AvgIpc) is 2.64. The fourth-order valence-electron chi connectivity index (χ4n) is 0.947. The van der Waals surface area contributed by atoms with Crippen molar-refractivity contribution in [3.05, 3.63) is 11.8 Å². The van der Waals surface area contributed by atoms with Crippen LogP contribution in [-0.2, 0) is 5.41 Å². The lowest BCUT2D eigenvalue weighted by molar-refractivity contribution is -0.185. The molecule has 0 aromatic carbocycles. The van der Waals surface area contributed by atoms with Gasteiger partial charge in [0, 0.05) is 13.1 Å². The summed E-state index contributed by atoms with van der Waals surface area (Å²) < 4.78 is 42.6. The summed E-state index contributed by atoms with van der Waals surface area (Å²) in [5, 5.41) is 7.79. The van der Waals surface area contributed by atoms with Gasteiger partial charge in [0.05, 0.1) is 0 Å². The van der Waals surface area contributed by atoms with Crippen LogP contribution < -0.4 is 10.6 Å². The quantitative estimate of drug-likeness (QED) is 0.847. The number of amides is 2. The molecule has 0 saturated carbocycles. The Hall–Kier alpha value is -1.73. The lowest BCUT2D eigenvalue weighted by Gasteiger charge is -2.24. The molecule has 1 aromatic rings. The van der Waals surface area contributed by atoms with Crippen LogP contribution in [0.1, 0.15) is 19.6 Å². The Morgan fingerprint density at radius 3 is 2.47 bits per heavy atom. The van der Waals surface area contributed by atoms with Gasteiger partial charge in [0.2, 0.25) is 0 Å². The minimum absolute atomic E-state index is 0.0725. The molecule has 0 saturated heterocycles. The molecule has 96 valence electrons. The number of carbonyl (C=O) groups is 1. The molecule has 0 aliphatic heterocycles. The van der Waals surface area contributed by atoms with Gasteiger partial charge in [-0.2, -0.15) is 13.2 Å². The minimum Gasteiger partial charge on any atom is -0.358 e. The molecule has 2 amide bonds. The van der Waals surface area contributed by atoms with Gasteiger partial charge in [-0.05, 0) is 13.8 Å². The normalized spacial score (nSPS) is 12.4. The van der Waals surface area contributed by atoms with Gasteiger partial charge in [-0.25, -0.2) is 4.79 Å². The second kappa shape index (κ2) is 4.27. The van der Waals surface area contributed by atoms with Crippen molar-refractivity contribution in [2.75, 3.05) is 12.4 Å². The van der Waals surface area contributed by atoms with Crippen LogP contribution in [0.25, 0.3) is 0 Å². The molecule has 0 atom stereocenters. The number of carbonyl (C=O) groups excluding carboxylic acids is 1. The highest BCUT2D eigenvalue weighted by atomic mass is 19.4. The van der Waals surface area contributed by atoms with Crippen LogP contribution in [0.3, 0.4) is 0 Å². The van der Waals surface area contributed by atoms with Crippen molar-refractivity contribution < 1.29 is 22.5 Å². The first kappa shape index (κ1) is 13.3. The minimum atomic E-state index is -4.46. The van der Waals surface area contributed by atoms with Gasteiger partial charge in [-0.15, -0.1) is 0 Å².